The molecule has 0 aliphatic carbocycles. The van der Waals surface area contributed by atoms with Gasteiger partial charge in [0.1, 0.15) is 30.2 Å². The van der Waals surface area contributed by atoms with Crippen LogP contribution in [0, 0.1) is 23.7 Å². The van der Waals surface area contributed by atoms with Crippen LogP contribution in [0.2, 0.25) is 0 Å². The predicted octanol–water partition coefficient (Wildman–Crippen LogP) is 2.46. The van der Waals surface area contributed by atoms with E-state index in [-0.39, 0.29) is 30.1 Å². The lowest BCUT2D eigenvalue weighted by Crippen LogP contribution is -2.59. The second-order valence-electron chi connectivity index (χ2n) is 13.1. The minimum absolute atomic E-state index is 0.0595. The highest BCUT2D eigenvalue weighted by atomic mass is 16.2. The third kappa shape index (κ3) is 11.1. The van der Waals surface area contributed by atoms with Crippen LogP contribution in [0.3, 0.4) is 0 Å². The maximum absolute atomic E-state index is 13.7. The fourth-order valence-corrected chi connectivity index (χ4v) is 5.04. The molecule has 42 heavy (non-hydrogen) atoms. The van der Waals surface area contributed by atoms with Crippen molar-refractivity contribution in [1.82, 2.24) is 26.6 Å². The first kappa shape index (κ1) is 34.8. The van der Waals surface area contributed by atoms with Gasteiger partial charge < -0.3 is 26.6 Å². The Morgan fingerprint density at radius 2 is 0.857 bits per heavy atom. The molecular formula is C32H51N5O5. The summed E-state index contributed by atoms with van der Waals surface area (Å²) in [6.07, 6.45) is 1.21. The van der Waals surface area contributed by atoms with Gasteiger partial charge in [0, 0.05) is 6.42 Å². The van der Waals surface area contributed by atoms with Crippen molar-refractivity contribution in [2.24, 2.45) is 23.7 Å². The van der Waals surface area contributed by atoms with Gasteiger partial charge in [-0.2, -0.15) is 0 Å². The number of hydrogen-bond donors (Lipinski definition) is 5. The van der Waals surface area contributed by atoms with Gasteiger partial charge in [0.2, 0.25) is 29.5 Å². The van der Waals surface area contributed by atoms with Crippen LogP contribution in [0.4, 0.5) is 0 Å². The molecule has 1 fully saturated rings. The molecule has 10 nitrogen and oxygen atoms in total. The topological polar surface area (TPSA) is 146 Å². The highest BCUT2D eigenvalue weighted by Gasteiger charge is 2.36. The Hall–Kier alpha value is -3.43. The lowest BCUT2D eigenvalue weighted by molar-refractivity contribution is -0.135. The molecule has 0 bridgehead atoms. The first-order valence-electron chi connectivity index (χ1n) is 15.2. The summed E-state index contributed by atoms with van der Waals surface area (Å²) in [4.78, 5) is 68.0. The van der Waals surface area contributed by atoms with E-state index in [0.717, 1.165) is 5.56 Å². The van der Waals surface area contributed by atoms with E-state index in [1.807, 2.05) is 85.7 Å². The minimum atomic E-state index is -0.994. The van der Waals surface area contributed by atoms with Gasteiger partial charge in [0.05, 0.1) is 0 Å². The van der Waals surface area contributed by atoms with E-state index in [4.69, 9.17) is 0 Å². The zero-order chi connectivity index (χ0) is 31.6. The van der Waals surface area contributed by atoms with Crippen molar-refractivity contribution in [3.63, 3.8) is 0 Å². The molecule has 2 rings (SSSR count). The summed E-state index contributed by atoms with van der Waals surface area (Å²) >= 11 is 0. The van der Waals surface area contributed by atoms with Crippen LogP contribution < -0.4 is 26.6 Å². The second-order valence-corrected chi connectivity index (χ2v) is 13.1. The van der Waals surface area contributed by atoms with Crippen molar-refractivity contribution in [1.29, 1.82) is 0 Å². The Kier molecular flexibility index (Phi) is 13.5. The average molecular weight is 586 g/mol. The van der Waals surface area contributed by atoms with Crippen LogP contribution in [0.25, 0.3) is 0 Å². The lowest BCUT2D eigenvalue weighted by atomic mass is 9.98. The standard InChI is InChI=1S/C32H51N5O5/c1-18(2)14-23-28(38)34-25(16-20(5)6)31(41)37-27(21(7)8)32(42)36-24(15-19(3)4)29(39)35-26(30(40)33-23)17-22-12-10-9-11-13-22/h9-13,18-21,23-27H,14-17H2,1-8H3,(H,33,40)(H,34,38)(H,35,39)(H,36,42)(H,37,41)/t23-,24-,25-,26-,27-/m1/s1. The monoisotopic (exact) mass is 585 g/mol. The molecule has 0 aromatic heterocycles. The summed E-state index contributed by atoms with van der Waals surface area (Å²) in [5, 5.41) is 14.2. The Morgan fingerprint density at radius 1 is 0.500 bits per heavy atom. The molecule has 0 unspecified atom stereocenters. The van der Waals surface area contributed by atoms with Gasteiger partial charge in [-0.25, -0.2) is 0 Å². The summed E-state index contributed by atoms with van der Waals surface area (Å²) in [6.45, 7) is 15.3. The van der Waals surface area contributed by atoms with Crippen molar-refractivity contribution in [3.8, 4) is 0 Å². The lowest BCUT2D eigenvalue weighted by Gasteiger charge is -2.28. The molecule has 234 valence electrons. The summed E-state index contributed by atoms with van der Waals surface area (Å²) < 4.78 is 0. The first-order valence-corrected chi connectivity index (χ1v) is 15.2. The average Bonchev–Trinajstić information content (AvgIpc) is 2.89. The molecular weight excluding hydrogens is 534 g/mol. The fourth-order valence-electron chi connectivity index (χ4n) is 5.04. The predicted molar refractivity (Wildman–Crippen MR) is 163 cm³/mol. The number of carbonyl (C=O) groups excluding carboxylic acids is 5. The summed E-state index contributed by atoms with van der Waals surface area (Å²) in [5.74, 6) is -2.57. The number of amides is 5. The normalized spacial score (nSPS) is 25.0. The molecule has 1 saturated heterocycles. The zero-order valence-corrected chi connectivity index (χ0v) is 26.5. The molecule has 0 saturated carbocycles. The number of benzene rings is 1. The molecule has 0 radical (unpaired) electrons. The minimum Gasteiger partial charge on any atom is -0.343 e. The van der Waals surface area contributed by atoms with Crippen LogP contribution in [0.5, 0.6) is 0 Å². The van der Waals surface area contributed by atoms with E-state index in [1.54, 1.807) is 0 Å². The maximum Gasteiger partial charge on any atom is 0.243 e. The molecule has 1 aromatic carbocycles. The van der Waals surface area contributed by atoms with Crippen LogP contribution in [0.1, 0.15) is 80.2 Å². The highest BCUT2D eigenvalue weighted by molar-refractivity contribution is 5.98. The zero-order valence-electron chi connectivity index (χ0n) is 26.5. The van der Waals surface area contributed by atoms with Crippen molar-refractivity contribution in [3.05, 3.63) is 35.9 Å². The molecule has 10 heteroatoms. The van der Waals surface area contributed by atoms with E-state index in [1.165, 1.54) is 0 Å². The van der Waals surface area contributed by atoms with Crippen LogP contribution in [-0.4, -0.2) is 59.7 Å². The number of hydrogen-bond acceptors (Lipinski definition) is 5. The van der Waals surface area contributed by atoms with Gasteiger partial charge in [-0.15, -0.1) is 0 Å². The van der Waals surface area contributed by atoms with Crippen LogP contribution in [-0.2, 0) is 30.4 Å². The van der Waals surface area contributed by atoms with E-state index < -0.39 is 59.7 Å². The Morgan fingerprint density at radius 3 is 1.26 bits per heavy atom. The Bertz CT molecular complexity index is 1070. The van der Waals surface area contributed by atoms with Gasteiger partial charge in [0.25, 0.3) is 0 Å². The summed E-state index contributed by atoms with van der Waals surface area (Å²) in [7, 11) is 0. The summed E-state index contributed by atoms with van der Waals surface area (Å²) in [6, 6.07) is 4.61. The number of carbonyl (C=O) groups is 5. The Labute approximate surface area is 250 Å². The maximum atomic E-state index is 13.7. The molecule has 0 spiro atoms. The van der Waals surface area contributed by atoms with Gasteiger partial charge in [-0.1, -0.05) is 85.7 Å². The molecule has 1 aliphatic rings. The van der Waals surface area contributed by atoms with Crippen molar-refractivity contribution < 1.29 is 24.0 Å². The van der Waals surface area contributed by atoms with E-state index in [0.29, 0.717) is 19.3 Å². The second kappa shape index (κ2) is 16.3. The van der Waals surface area contributed by atoms with Gasteiger partial charge in [-0.3, -0.25) is 24.0 Å². The smallest absolute Gasteiger partial charge is 0.243 e. The van der Waals surface area contributed by atoms with E-state index in [9.17, 15) is 24.0 Å². The van der Waals surface area contributed by atoms with Crippen LogP contribution >= 0.6 is 0 Å². The molecule has 1 aromatic rings. The number of nitrogens with one attached hydrogen (secondary N) is 5. The molecule has 5 N–H and O–H groups in total. The third-order valence-corrected chi connectivity index (χ3v) is 7.18. The molecule has 5 atom stereocenters. The van der Waals surface area contributed by atoms with Gasteiger partial charge >= 0.3 is 0 Å². The van der Waals surface area contributed by atoms with E-state index >= 15 is 0 Å². The highest BCUT2D eigenvalue weighted by Crippen LogP contribution is 2.14. The van der Waals surface area contributed by atoms with Crippen LogP contribution in [0.15, 0.2) is 30.3 Å². The first-order chi connectivity index (χ1) is 19.7. The third-order valence-electron chi connectivity index (χ3n) is 7.18. The Balaban J connectivity index is 2.59. The van der Waals surface area contributed by atoms with Crippen molar-refractivity contribution >= 4 is 29.5 Å². The quantitative estimate of drug-likeness (QED) is 0.302. The van der Waals surface area contributed by atoms with Crippen molar-refractivity contribution in [2.45, 2.75) is 111 Å². The number of rotatable bonds is 9. The molecule has 5 amide bonds. The largest absolute Gasteiger partial charge is 0.343 e. The molecule has 1 heterocycles. The summed E-state index contributed by atoms with van der Waals surface area (Å²) in [5.41, 5.74) is 0.830. The SMILES string of the molecule is CC(C)C[C@H]1NC(=O)[C@@H](Cc2ccccc2)NC(=O)[C@@H](CC(C)C)NC(=O)[C@@H](C(C)C)NC(=O)[C@@H](CC(C)C)NC1=O. The molecule has 1 aliphatic heterocycles. The van der Waals surface area contributed by atoms with Gasteiger partial charge in [-0.05, 0) is 48.5 Å². The van der Waals surface area contributed by atoms with Crippen molar-refractivity contribution in [2.75, 3.05) is 0 Å². The van der Waals surface area contributed by atoms with E-state index in [2.05, 4.69) is 26.6 Å². The fraction of sp³-hybridized carbons (Fsp3) is 0.656. The van der Waals surface area contributed by atoms with Gasteiger partial charge in [0.15, 0.2) is 0 Å².